The molecule has 0 amide bonds. The second-order valence-electron chi connectivity index (χ2n) is 3.22. The summed E-state index contributed by atoms with van der Waals surface area (Å²) in [5.74, 6) is 0.212. The first-order valence-electron chi connectivity index (χ1n) is 5.02. The van der Waals surface area contributed by atoms with Crippen LogP contribution in [0.4, 0.5) is 5.69 Å². The molecule has 1 aromatic carbocycles. The Morgan fingerprint density at radius 2 is 2.25 bits per heavy atom. The van der Waals surface area contributed by atoms with Crippen LogP contribution in [0.2, 0.25) is 0 Å². The second-order valence-corrected chi connectivity index (χ2v) is 3.22. The van der Waals surface area contributed by atoms with Crippen LogP contribution in [0, 0.1) is 10.1 Å². The minimum Gasteiger partial charge on any atom is -0.486 e. The zero-order valence-corrected chi connectivity index (χ0v) is 9.01. The van der Waals surface area contributed by atoms with Crippen molar-refractivity contribution in [2.24, 2.45) is 0 Å². The van der Waals surface area contributed by atoms with E-state index in [4.69, 9.17) is 4.74 Å². The summed E-state index contributed by atoms with van der Waals surface area (Å²) in [7, 11) is 0. The third-order valence-corrected chi connectivity index (χ3v) is 2.12. The van der Waals surface area contributed by atoms with E-state index in [1.54, 1.807) is 12.1 Å². The number of ether oxygens (including phenoxy) is 1. The van der Waals surface area contributed by atoms with Gasteiger partial charge in [0.25, 0.3) is 0 Å². The molecule has 0 radical (unpaired) electrons. The number of carbonyl (C=O) groups is 1. The highest BCUT2D eigenvalue weighted by Gasteiger charge is 2.15. The molecule has 5 heteroatoms. The normalized spacial score (nSPS) is 9.81. The van der Waals surface area contributed by atoms with Gasteiger partial charge in [0.2, 0.25) is 0 Å². The molecule has 5 nitrogen and oxygen atoms in total. The van der Waals surface area contributed by atoms with Crippen molar-refractivity contribution in [1.29, 1.82) is 0 Å². The smallest absolute Gasteiger partial charge is 0.311 e. The molecule has 0 fully saturated rings. The summed E-state index contributed by atoms with van der Waals surface area (Å²) in [6.45, 7) is 2.09. The van der Waals surface area contributed by atoms with Crippen molar-refractivity contribution in [3.8, 4) is 5.75 Å². The summed E-state index contributed by atoms with van der Waals surface area (Å²) >= 11 is 0. The molecule has 0 N–H and O–H groups in total. The zero-order chi connectivity index (χ0) is 12.0. The molecule has 1 rings (SSSR count). The average molecular weight is 223 g/mol. The second kappa shape index (κ2) is 5.85. The van der Waals surface area contributed by atoms with Crippen molar-refractivity contribution in [3.63, 3.8) is 0 Å². The molecule has 0 aliphatic heterocycles. The number of nitro benzene ring substituents is 1. The number of nitro groups is 1. The van der Waals surface area contributed by atoms with Gasteiger partial charge in [-0.25, -0.2) is 0 Å². The third kappa shape index (κ3) is 3.05. The van der Waals surface area contributed by atoms with Gasteiger partial charge in [-0.3, -0.25) is 10.1 Å². The number of carbonyl (C=O) groups excluding carboxylic acids is 1. The first-order valence-corrected chi connectivity index (χ1v) is 5.02. The maximum atomic E-state index is 10.8. The van der Waals surface area contributed by atoms with E-state index in [1.165, 1.54) is 6.07 Å². The van der Waals surface area contributed by atoms with Gasteiger partial charge in [-0.05, 0) is 18.1 Å². The lowest BCUT2D eigenvalue weighted by Gasteiger charge is -2.06. The number of aryl methyl sites for hydroxylation is 1. The van der Waals surface area contributed by atoms with Crippen LogP contribution < -0.4 is 4.74 Å². The molecular weight excluding hydrogens is 210 g/mol. The van der Waals surface area contributed by atoms with Crippen molar-refractivity contribution in [2.45, 2.75) is 19.8 Å². The van der Waals surface area contributed by atoms with Gasteiger partial charge in [-0.15, -0.1) is 0 Å². The number of aldehydes is 1. The Hall–Kier alpha value is -1.91. The van der Waals surface area contributed by atoms with Gasteiger partial charge < -0.3 is 9.53 Å². The van der Waals surface area contributed by atoms with E-state index < -0.39 is 4.92 Å². The first kappa shape index (κ1) is 12.2. The van der Waals surface area contributed by atoms with Crippen LogP contribution in [0.5, 0.6) is 5.75 Å². The summed E-state index contributed by atoms with van der Waals surface area (Å²) in [6.07, 6.45) is 1.67. The summed E-state index contributed by atoms with van der Waals surface area (Å²) in [4.78, 5) is 20.4. The third-order valence-electron chi connectivity index (χ3n) is 2.12. The highest BCUT2D eigenvalue weighted by atomic mass is 16.6. The van der Waals surface area contributed by atoms with Gasteiger partial charge in [-0.1, -0.05) is 13.0 Å². The largest absolute Gasteiger partial charge is 0.486 e. The van der Waals surface area contributed by atoms with Crippen molar-refractivity contribution < 1.29 is 14.5 Å². The molecule has 0 bridgehead atoms. The van der Waals surface area contributed by atoms with Crippen LogP contribution >= 0.6 is 0 Å². The molecule has 0 saturated heterocycles. The van der Waals surface area contributed by atoms with Crippen molar-refractivity contribution in [3.05, 3.63) is 33.9 Å². The van der Waals surface area contributed by atoms with Gasteiger partial charge >= 0.3 is 5.69 Å². The number of nitrogens with zero attached hydrogens (tertiary/aromatic N) is 1. The molecule has 86 valence electrons. The van der Waals surface area contributed by atoms with Crippen LogP contribution in [0.25, 0.3) is 0 Å². The van der Waals surface area contributed by atoms with E-state index in [9.17, 15) is 14.9 Å². The maximum Gasteiger partial charge on any atom is 0.311 e. The summed E-state index contributed by atoms with van der Waals surface area (Å²) < 4.78 is 5.17. The van der Waals surface area contributed by atoms with Gasteiger partial charge in [-0.2, -0.15) is 0 Å². The highest BCUT2D eigenvalue weighted by molar-refractivity contribution is 5.51. The summed E-state index contributed by atoms with van der Waals surface area (Å²) in [5, 5.41) is 10.8. The molecular formula is C11H13NO4. The van der Waals surface area contributed by atoms with Crippen molar-refractivity contribution in [1.82, 2.24) is 0 Å². The van der Waals surface area contributed by atoms with Crippen LogP contribution in [-0.2, 0) is 11.2 Å². The van der Waals surface area contributed by atoms with Gasteiger partial charge in [0.1, 0.15) is 6.29 Å². The number of hydrogen-bond acceptors (Lipinski definition) is 4. The molecule has 0 aromatic heterocycles. The minimum atomic E-state index is -0.477. The van der Waals surface area contributed by atoms with E-state index in [0.717, 1.165) is 12.0 Å². The molecule has 0 aliphatic carbocycles. The zero-order valence-electron chi connectivity index (χ0n) is 9.01. The Bertz CT molecular complexity index is 390. The SMILES string of the molecule is CCc1ccc(OCCC=O)c([N+](=O)[O-])c1. The van der Waals surface area contributed by atoms with E-state index in [-0.39, 0.29) is 24.5 Å². The lowest BCUT2D eigenvalue weighted by molar-refractivity contribution is -0.385. The van der Waals surface area contributed by atoms with Gasteiger partial charge in [0.15, 0.2) is 5.75 Å². The Kier molecular flexibility index (Phi) is 4.44. The molecule has 0 saturated carbocycles. The number of benzene rings is 1. The van der Waals surface area contributed by atoms with Crippen LogP contribution in [0.1, 0.15) is 18.9 Å². The average Bonchev–Trinajstić information content (AvgIpc) is 2.29. The Labute approximate surface area is 93.2 Å². The topological polar surface area (TPSA) is 69.4 Å². The van der Waals surface area contributed by atoms with Crippen molar-refractivity contribution >= 4 is 12.0 Å². The molecule has 0 unspecified atom stereocenters. The van der Waals surface area contributed by atoms with Crippen LogP contribution in [0.15, 0.2) is 18.2 Å². The predicted molar refractivity (Wildman–Crippen MR) is 58.7 cm³/mol. The molecule has 0 heterocycles. The monoisotopic (exact) mass is 223 g/mol. The maximum absolute atomic E-state index is 10.8. The standard InChI is InChI=1S/C11H13NO4/c1-2-9-4-5-11(16-7-3-6-13)10(8-9)12(14)15/h4-6,8H,2-3,7H2,1H3. The first-order chi connectivity index (χ1) is 7.69. The molecule has 0 atom stereocenters. The quantitative estimate of drug-likeness (QED) is 0.320. The molecule has 1 aromatic rings. The fourth-order valence-electron chi connectivity index (χ4n) is 1.26. The summed E-state index contributed by atoms with van der Waals surface area (Å²) in [6, 6.07) is 4.85. The Morgan fingerprint density at radius 3 is 2.81 bits per heavy atom. The number of rotatable bonds is 6. The predicted octanol–water partition coefficient (Wildman–Crippen LogP) is 2.12. The highest BCUT2D eigenvalue weighted by Crippen LogP contribution is 2.28. The fourth-order valence-corrected chi connectivity index (χ4v) is 1.26. The molecule has 16 heavy (non-hydrogen) atoms. The lowest BCUT2D eigenvalue weighted by Crippen LogP contribution is -2.01. The number of hydrogen-bond donors (Lipinski definition) is 0. The van der Waals surface area contributed by atoms with Gasteiger partial charge in [0.05, 0.1) is 11.5 Å². The van der Waals surface area contributed by atoms with E-state index in [0.29, 0.717) is 6.29 Å². The van der Waals surface area contributed by atoms with E-state index in [2.05, 4.69) is 0 Å². The minimum absolute atomic E-state index is 0.0507. The van der Waals surface area contributed by atoms with Crippen molar-refractivity contribution in [2.75, 3.05) is 6.61 Å². The molecule has 0 aliphatic rings. The Balaban J connectivity index is 2.89. The van der Waals surface area contributed by atoms with E-state index >= 15 is 0 Å². The molecule has 0 spiro atoms. The van der Waals surface area contributed by atoms with Gasteiger partial charge in [0, 0.05) is 12.5 Å². The van der Waals surface area contributed by atoms with Crippen LogP contribution in [-0.4, -0.2) is 17.8 Å². The summed E-state index contributed by atoms with van der Waals surface area (Å²) in [5.41, 5.74) is 0.833. The fraction of sp³-hybridized carbons (Fsp3) is 0.364. The Morgan fingerprint density at radius 1 is 1.50 bits per heavy atom. The van der Waals surface area contributed by atoms with Crippen LogP contribution in [0.3, 0.4) is 0 Å². The van der Waals surface area contributed by atoms with E-state index in [1.807, 2.05) is 6.92 Å². The lowest BCUT2D eigenvalue weighted by atomic mass is 10.1.